The SMILES string of the molecule is CCCCCCCCOC(=O)CC1=C(C)CC(COCc2ccccc2)(COCc2ccccc2)C1. The maximum atomic E-state index is 12.6. The van der Waals surface area contributed by atoms with Crippen molar-refractivity contribution < 1.29 is 19.0 Å². The van der Waals surface area contributed by atoms with Crippen LogP contribution < -0.4 is 0 Å². The molecule has 0 spiro atoms. The van der Waals surface area contributed by atoms with Crippen LogP contribution in [0.4, 0.5) is 0 Å². The Morgan fingerprint density at radius 1 is 0.778 bits per heavy atom. The minimum Gasteiger partial charge on any atom is -0.465 e. The number of hydrogen-bond acceptors (Lipinski definition) is 4. The summed E-state index contributed by atoms with van der Waals surface area (Å²) >= 11 is 0. The van der Waals surface area contributed by atoms with E-state index in [-0.39, 0.29) is 11.4 Å². The number of carbonyl (C=O) groups is 1. The summed E-state index contributed by atoms with van der Waals surface area (Å²) < 4.78 is 18.0. The van der Waals surface area contributed by atoms with Gasteiger partial charge in [0.15, 0.2) is 0 Å². The number of carbonyl (C=O) groups excluding carboxylic acids is 1. The van der Waals surface area contributed by atoms with E-state index in [9.17, 15) is 4.79 Å². The fourth-order valence-corrected chi connectivity index (χ4v) is 5.03. The smallest absolute Gasteiger partial charge is 0.309 e. The van der Waals surface area contributed by atoms with Crippen molar-refractivity contribution in [3.05, 3.63) is 82.9 Å². The molecule has 1 aliphatic rings. The third-order valence-electron chi connectivity index (χ3n) is 6.99. The zero-order valence-electron chi connectivity index (χ0n) is 22.3. The molecule has 0 aromatic heterocycles. The molecule has 4 nitrogen and oxygen atoms in total. The molecule has 0 saturated carbocycles. The fraction of sp³-hybridized carbons (Fsp3) is 0.531. The summed E-state index contributed by atoms with van der Waals surface area (Å²) in [6.07, 6.45) is 9.21. The van der Waals surface area contributed by atoms with Crippen LogP contribution in [0.2, 0.25) is 0 Å². The van der Waals surface area contributed by atoms with Gasteiger partial charge in [-0.2, -0.15) is 0 Å². The zero-order chi connectivity index (χ0) is 25.5. The summed E-state index contributed by atoms with van der Waals surface area (Å²) in [6.45, 7) is 7.26. The molecule has 0 N–H and O–H groups in total. The van der Waals surface area contributed by atoms with Crippen molar-refractivity contribution in [3.8, 4) is 0 Å². The Hall–Kier alpha value is -2.43. The summed E-state index contributed by atoms with van der Waals surface area (Å²) in [5, 5.41) is 0. The number of hydrogen-bond donors (Lipinski definition) is 0. The van der Waals surface area contributed by atoms with E-state index < -0.39 is 0 Å². The van der Waals surface area contributed by atoms with E-state index in [2.05, 4.69) is 38.1 Å². The van der Waals surface area contributed by atoms with Gasteiger partial charge in [-0.15, -0.1) is 0 Å². The molecule has 1 aliphatic carbocycles. The quantitative estimate of drug-likeness (QED) is 0.128. The number of esters is 1. The van der Waals surface area contributed by atoms with Crippen LogP contribution in [0.5, 0.6) is 0 Å². The lowest BCUT2D eigenvalue weighted by Gasteiger charge is -2.29. The van der Waals surface area contributed by atoms with Gasteiger partial charge in [0.05, 0.1) is 39.5 Å². The largest absolute Gasteiger partial charge is 0.465 e. The molecule has 2 aromatic carbocycles. The van der Waals surface area contributed by atoms with Crippen LogP contribution in [-0.4, -0.2) is 25.8 Å². The van der Waals surface area contributed by atoms with Crippen LogP contribution in [0.1, 0.15) is 82.8 Å². The highest BCUT2D eigenvalue weighted by molar-refractivity contribution is 5.73. The van der Waals surface area contributed by atoms with Crippen molar-refractivity contribution in [2.45, 2.75) is 84.8 Å². The topological polar surface area (TPSA) is 44.8 Å². The molecule has 2 aromatic rings. The highest BCUT2D eigenvalue weighted by atomic mass is 16.5. The zero-order valence-corrected chi connectivity index (χ0v) is 22.3. The van der Waals surface area contributed by atoms with Crippen molar-refractivity contribution in [1.82, 2.24) is 0 Å². The second kappa shape index (κ2) is 15.6. The third-order valence-corrected chi connectivity index (χ3v) is 6.99. The predicted molar refractivity (Wildman–Crippen MR) is 146 cm³/mol. The van der Waals surface area contributed by atoms with Gasteiger partial charge in [-0.1, -0.05) is 111 Å². The van der Waals surface area contributed by atoms with E-state index in [1.165, 1.54) is 48.0 Å². The van der Waals surface area contributed by atoms with Crippen LogP contribution in [-0.2, 0) is 32.2 Å². The maximum Gasteiger partial charge on any atom is 0.309 e. The van der Waals surface area contributed by atoms with Gasteiger partial charge in [-0.3, -0.25) is 4.79 Å². The van der Waals surface area contributed by atoms with E-state index in [1.807, 2.05) is 36.4 Å². The molecule has 0 atom stereocenters. The molecule has 0 aliphatic heterocycles. The molecule has 36 heavy (non-hydrogen) atoms. The van der Waals surface area contributed by atoms with Crippen molar-refractivity contribution in [2.24, 2.45) is 5.41 Å². The van der Waals surface area contributed by atoms with Crippen LogP contribution in [0.25, 0.3) is 0 Å². The normalized spacial score (nSPS) is 14.8. The first-order chi connectivity index (χ1) is 17.6. The van der Waals surface area contributed by atoms with E-state index in [0.29, 0.717) is 39.5 Å². The number of unbranched alkanes of at least 4 members (excludes halogenated alkanes) is 5. The average Bonchev–Trinajstić information content (AvgIpc) is 3.19. The van der Waals surface area contributed by atoms with Crippen molar-refractivity contribution in [1.29, 1.82) is 0 Å². The summed E-state index contributed by atoms with van der Waals surface area (Å²) in [4.78, 5) is 12.6. The Bertz CT molecular complexity index is 874. The molecule has 0 bridgehead atoms. The molecule has 0 heterocycles. The second-order valence-electron chi connectivity index (χ2n) is 10.4. The molecule has 0 unspecified atom stereocenters. The molecule has 196 valence electrons. The lowest BCUT2D eigenvalue weighted by molar-refractivity contribution is -0.143. The molecule has 0 fully saturated rings. The fourth-order valence-electron chi connectivity index (χ4n) is 5.03. The van der Waals surface area contributed by atoms with Crippen molar-refractivity contribution >= 4 is 5.97 Å². The van der Waals surface area contributed by atoms with Crippen LogP contribution in [0, 0.1) is 5.41 Å². The van der Waals surface area contributed by atoms with Gasteiger partial charge in [0.1, 0.15) is 0 Å². The summed E-state index contributed by atoms with van der Waals surface area (Å²) in [6, 6.07) is 20.5. The van der Waals surface area contributed by atoms with Gasteiger partial charge in [0.2, 0.25) is 0 Å². The molecule has 0 saturated heterocycles. The predicted octanol–water partition coefficient (Wildman–Crippen LogP) is 7.81. The van der Waals surface area contributed by atoms with E-state index in [0.717, 1.165) is 25.7 Å². The van der Waals surface area contributed by atoms with Gasteiger partial charge in [-0.25, -0.2) is 0 Å². The number of rotatable bonds is 17. The minimum absolute atomic E-state index is 0.107. The maximum absolute atomic E-state index is 12.6. The third kappa shape index (κ3) is 9.91. The Balaban J connectivity index is 1.50. The summed E-state index contributed by atoms with van der Waals surface area (Å²) in [5.41, 5.74) is 4.65. The number of benzene rings is 2. The monoisotopic (exact) mass is 492 g/mol. The van der Waals surface area contributed by atoms with Gasteiger partial charge >= 0.3 is 5.97 Å². The Labute approximate surface area is 218 Å². The number of allylic oxidation sites excluding steroid dienone is 1. The standard InChI is InChI=1S/C32H44O4/c1-3-4-5-6-7-14-19-36-31(33)20-30-22-32(21-27(30)2,25-34-23-28-15-10-8-11-16-28)26-35-24-29-17-12-9-13-18-29/h8-13,15-18H,3-7,14,19-26H2,1-2H3. The molecule has 3 rings (SSSR count). The average molecular weight is 493 g/mol. The van der Waals surface area contributed by atoms with Gasteiger partial charge in [0.25, 0.3) is 0 Å². The first-order valence-electron chi connectivity index (χ1n) is 13.7. The van der Waals surface area contributed by atoms with Gasteiger partial charge in [0, 0.05) is 5.41 Å². The van der Waals surface area contributed by atoms with Crippen LogP contribution in [0.15, 0.2) is 71.8 Å². The lowest BCUT2D eigenvalue weighted by atomic mass is 9.85. The summed E-state index contributed by atoms with van der Waals surface area (Å²) in [5.74, 6) is -0.107. The molecular weight excluding hydrogens is 448 g/mol. The van der Waals surface area contributed by atoms with Crippen LogP contribution in [0.3, 0.4) is 0 Å². The van der Waals surface area contributed by atoms with E-state index in [4.69, 9.17) is 14.2 Å². The highest BCUT2D eigenvalue weighted by Crippen LogP contribution is 2.44. The molecule has 0 amide bonds. The molecular formula is C32H44O4. The Kier molecular flexibility index (Phi) is 12.2. The second-order valence-corrected chi connectivity index (χ2v) is 10.4. The first-order valence-corrected chi connectivity index (χ1v) is 13.7. The lowest BCUT2D eigenvalue weighted by Crippen LogP contribution is -2.30. The van der Waals surface area contributed by atoms with Crippen molar-refractivity contribution in [3.63, 3.8) is 0 Å². The first kappa shape index (κ1) is 28.1. The highest BCUT2D eigenvalue weighted by Gasteiger charge is 2.38. The van der Waals surface area contributed by atoms with Crippen molar-refractivity contribution in [2.75, 3.05) is 19.8 Å². The molecule has 0 radical (unpaired) electrons. The van der Waals surface area contributed by atoms with E-state index in [1.54, 1.807) is 0 Å². The minimum atomic E-state index is -0.150. The molecule has 4 heteroatoms. The Morgan fingerprint density at radius 3 is 1.92 bits per heavy atom. The van der Waals surface area contributed by atoms with E-state index >= 15 is 0 Å². The summed E-state index contributed by atoms with van der Waals surface area (Å²) in [7, 11) is 0. The van der Waals surface area contributed by atoms with Gasteiger partial charge in [-0.05, 0) is 37.3 Å². The Morgan fingerprint density at radius 2 is 1.33 bits per heavy atom. The van der Waals surface area contributed by atoms with Crippen LogP contribution >= 0.6 is 0 Å². The van der Waals surface area contributed by atoms with Gasteiger partial charge < -0.3 is 14.2 Å². The number of ether oxygens (including phenoxy) is 3.